The predicted octanol–water partition coefficient (Wildman–Crippen LogP) is 2.40. The number of rotatable bonds is 3. The molecule has 0 aliphatic carbocycles. The van der Waals surface area contributed by atoms with Gasteiger partial charge in [-0.25, -0.2) is 0 Å². The van der Waals surface area contributed by atoms with Crippen LogP contribution in [0.4, 0.5) is 0 Å². The van der Waals surface area contributed by atoms with Crippen LogP contribution in [-0.2, 0) is 0 Å². The molecular formula is C15H17BrN4O. The van der Waals surface area contributed by atoms with Crippen molar-refractivity contribution in [2.75, 3.05) is 13.1 Å². The third-order valence-corrected chi connectivity index (χ3v) is 4.65. The fourth-order valence-corrected chi connectivity index (χ4v) is 3.32. The Morgan fingerprint density at radius 3 is 2.90 bits per heavy atom. The zero-order chi connectivity index (χ0) is 14.8. The Hall–Kier alpha value is -1.66. The van der Waals surface area contributed by atoms with Crippen molar-refractivity contribution in [3.8, 4) is 11.3 Å². The molecule has 6 heteroatoms. The van der Waals surface area contributed by atoms with Gasteiger partial charge in [-0.05, 0) is 28.8 Å². The zero-order valence-corrected chi connectivity index (χ0v) is 13.1. The second-order valence-corrected chi connectivity index (χ2v) is 5.95. The smallest absolute Gasteiger partial charge is 0.273 e. The lowest BCUT2D eigenvalue weighted by molar-refractivity contribution is 0.0734. The van der Waals surface area contributed by atoms with Crippen LogP contribution in [0.3, 0.4) is 0 Å². The molecule has 3 N–H and O–H groups in total. The zero-order valence-electron chi connectivity index (χ0n) is 11.6. The Labute approximate surface area is 131 Å². The van der Waals surface area contributed by atoms with E-state index in [1.807, 2.05) is 35.2 Å². The molecule has 5 nitrogen and oxygen atoms in total. The first kappa shape index (κ1) is 14.3. The first-order chi connectivity index (χ1) is 10.2. The van der Waals surface area contributed by atoms with Crippen molar-refractivity contribution in [1.82, 2.24) is 15.1 Å². The van der Waals surface area contributed by atoms with E-state index in [-0.39, 0.29) is 11.9 Å². The number of carbonyl (C=O) groups is 1. The average Bonchev–Trinajstić information content (AvgIpc) is 3.13. The summed E-state index contributed by atoms with van der Waals surface area (Å²) in [6.45, 7) is 1.26. The number of nitrogens with one attached hydrogen (secondary N) is 1. The molecule has 1 aliphatic rings. The summed E-state index contributed by atoms with van der Waals surface area (Å²) in [5.41, 5.74) is 7.96. The molecule has 1 unspecified atom stereocenters. The van der Waals surface area contributed by atoms with Crippen molar-refractivity contribution in [3.63, 3.8) is 0 Å². The summed E-state index contributed by atoms with van der Waals surface area (Å²) < 4.78 is 0.710. The van der Waals surface area contributed by atoms with Crippen LogP contribution in [0.25, 0.3) is 11.3 Å². The molecule has 0 radical (unpaired) electrons. The molecule has 2 heterocycles. The Morgan fingerprint density at radius 2 is 2.19 bits per heavy atom. The normalized spacial score (nSPS) is 18.2. The highest BCUT2D eigenvalue weighted by Crippen LogP contribution is 2.30. The number of aromatic amines is 1. The Morgan fingerprint density at radius 1 is 1.43 bits per heavy atom. The Bertz CT molecular complexity index is 640. The topological polar surface area (TPSA) is 75.0 Å². The van der Waals surface area contributed by atoms with Gasteiger partial charge in [-0.2, -0.15) is 5.10 Å². The van der Waals surface area contributed by atoms with Crippen molar-refractivity contribution in [2.45, 2.75) is 18.9 Å². The highest BCUT2D eigenvalue weighted by atomic mass is 79.9. The standard InChI is InChI=1S/C15H17BrN4O/c16-12-13(10-5-2-1-3-6-10)18-19-14(12)15(21)20-8-4-7-11(20)9-17/h1-3,5-6,11H,4,7-9,17H2,(H,18,19). The van der Waals surface area contributed by atoms with Gasteiger partial charge in [0, 0.05) is 24.7 Å². The number of H-pyrrole nitrogens is 1. The number of nitrogens with two attached hydrogens (primary N) is 1. The summed E-state index contributed by atoms with van der Waals surface area (Å²) in [6.07, 6.45) is 1.98. The van der Waals surface area contributed by atoms with Crippen LogP contribution in [0.2, 0.25) is 0 Å². The van der Waals surface area contributed by atoms with Crippen LogP contribution in [-0.4, -0.2) is 40.1 Å². The molecule has 1 fully saturated rings. The minimum atomic E-state index is -0.0375. The second-order valence-electron chi connectivity index (χ2n) is 5.16. The summed E-state index contributed by atoms with van der Waals surface area (Å²) in [5, 5.41) is 7.14. The van der Waals surface area contributed by atoms with Crippen molar-refractivity contribution < 1.29 is 4.79 Å². The number of likely N-dealkylation sites (tertiary alicyclic amines) is 1. The molecule has 0 bridgehead atoms. The number of benzene rings is 1. The molecular weight excluding hydrogens is 332 g/mol. The van der Waals surface area contributed by atoms with E-state index in [9.17, 15) is 4.79 Å². The van der Waals surface area contributed by atoms with Gasteiger partial charge in [0.25, 0.3) is 5.91 Å². The summed E-state index contributed by atoms with van der Waals surface area (Å²) >= 11 is 3.51. The number of halogens is 1. The Balaban J connectivity index is 1.90. The molecule has 21 heavy (non-hydrogen) atoms. The van der Waals surface area contributed by atoms with E-state index in [1.165, 1.54) is 0 Å². The van der Waals surface area contributed by atoms with Crippen LogP contribution in [0.15, 0.2) is 34.8 Å². The maximum atomic E-state index is 12.7. The quantitative estimate of drug-likeness (QED) is 0.894. The fraction of sp³-hybridized carbons (Fsp3) is 0.333. The van der Waals surface area contributed by atoms with Crippen molar-refractivity contribution in [3.05, 3.63) is 40.5 Å². The molecule has 1 saturated heterocycles. The van der Waals surface area contributed by atoms with E-state index in [4.69, 9.17) is 5.73 Å². The second kappa shape index (κ2) is 5.99. The summed E-state index contributed by atoms with van der Waals surface area (Å²) in [7, 11) is 0. The number of hydrogen-bond acceptors (Lipinski definition) is 3. The molecule has 110 valence electrons. The van der Waals surface area contributed by atoms with Gasteiger partial charge >= 0.3 is 0 Å². The van der Waals surface area contributed by atoms with E-state index in [0.29, 0.717) is 16.7 Å². The fourth-order valence-electron chi connectivity index (χ4n) is 2.75. The van der Waals surface area contributed by atoms with Crippen LogP contribution < -0.4 is 5.73 Å². The highest BCUT2D eigenvalue weighted by Gasteiger charge is 2.31. The van der Waals surface area contributed by atoms with Crippen LogP contribution >= 0.6 is 15.9 Å². The predicted molar refractivity (Wildman–Crippen MR) is 84.8 cm³/mol. The van der Waals surface area contributed by atoms with Gasteiger partial charge in [0.15, 0.2) is 0 Å². The number of carbonyl (C=O) groups excluding carboxylic acids is 1. The first-order valence-corrected chi connectivity index (χ1v) is 7.82. The van der Waals surface area contributed by atoms with Gasteiger partial charge in [0.05, 0.1) is 4.47 Å². The first-order valence-electron chi connectivity index (χ1n) is 7.02. The van der Waals surface area contributed by atoms with Crippen LogP contribution in [0, 0.1) is 0 Å². The van der Waals surface area contributed by atoms with Gasteiger partial charge in [-0.1, -0.05) is 30.3 Å². The van der Waals surface area contributed by atoms with E-state index in [0.717, 1.165) is 30.6 Å². The lowest BCUT2D eigenvalue weighted by Gasteiger charge is -2.22. The Kier molecular flexibility index (Phi) is 4.07. The van der Waals surface area contributed by atoms with Gasteiger partial charge in [0.2, 0.25) is 0 Å². The third-order valence-electron chi connectivity index (χ3n) is 3.88. The SMILES string of the molecule is NCC1CCCN1C(=O)c1[nH]nc(-c2ccccc2)c1Br. The molecule has 0 saturated carbocycles. The monoisotopic (exact) mass is 348 g/mol. The number of amides is 1. The average molecular weight is 349 g/mol. The van der Waals surface area contributed by atoms with Crippen molar-refractivity contribution in [1.29, 1.82) is 0 Å². The maximum absolute atomic E-state index is 12.7. The molecule has 1 atom stereocenters. The highest BCUT2D eigenvalue weighted by molar-refractivity contribution is 9.10. The lowest BCUT2D eigenvalue weighted by atomic mass is 10.1. The molecule has 1 aromatic heterocycles. The van der Waals surface area contributed by atoms with Gasteiger partial charge < -0.3 is 10.6 Å². The summed E-state index contributed by atoms with van der Waals surface area (Å²) in [5.74, 6) is -0.0375. The number of hydrogen-bond donors (Lipinski definition) is 2. The van der Waals surface area contributed by atoms with Crippen molar-refractivity contribution >= 4 is 21.8 Å². The van der Waals surface area contributed by atoms with Gasteiger partial charge in [-0.3, -0.25) is 9.89 Å². The minimum Gasteiger partial charge on any atom is -0.333 e. The van der Waals surface area contributed by atoms with E-state index >= 15 is 0 Å². The molecule has 2 aromatic rings. The molecule has 1 aliphatic heterocycles. The third kappa shape index (κ3) is 2.61. The van der Waals surface area contributed by atoms with Gasteiger partial charge in [-0.15, -0.1) is 0 Å². The minimum absolute atomic E-state index is 0.0375. The molecule has 0 spiro atoms. The van der Waals surface area contributed by atoms with E-state index in [1.54, 1.807) is 0 Å². The van der Waals surface area contributed by atoms with E-state index in [2.05, 4.69) is 26.1 Å². The largest absolute Gasteiger partial charge is 0.333 e. The van der Waals surface area contributed by atoms with Gasteiger partial charge in [0.1, 0.15) is 11.4 Å². The summed E-state index contributed by atoms with van der Waals surface area (Å²) in [4.78, 5) is 14.5. The maximum Gasteiger partial charge on any atom is 0.273 e. The van der Waals surface area contributed by atoms with Crippen LogP contribution in [0.5, 0.6) is 0 Å². The summed E-state index contributed by atoms with van der Waals surface area (Å²) in [6, 6.07) is 9.91. The van der Waals surface area contributed by atoms with Crippen LogP contribution in [0.1, 0.15) is 23.3 Å². The molecule has 3 rings (SSSR count). The molecule has 1 aromatic carbocycles. The number of nitrogens with zero attached hydrogens (tertiary/aromatic N) is 2. The van der Waals surface area contributed by atoms with E-state index < -0.39 is 0 Å². The molecule has 1 amide bonds. The number of aromatic nitrogens is 2. The van der Waals surface area contributed by atoms with Crippen molar-refractivity contribution in [2.24, 2.45) is 5.73 Å². The lowest BCUT2D eigenvalue weighted by Crippen LogP contribution is -2.40.